The Kier molecular flexibility index (Phi) is 5.64. The fraction of sp³-hybridized carbons (Fsp3) is 0.211. The molecule has 2 aromatic heterocycles. The number of benzene rings is 1. The zero-order chi connectivity index (χ0) is 20.1. The van der Waals surface area contributed by atoms with Crippen LogP contribution in [0.4, 0.5) is 5.69 Å². The van der Waals surface area contributed by atoms with Crippen LogP contribution in [0.2, 0.25) is 0 Å². The number of rotatable bonds is 7. The molecule has 2 N–H and O–H groups in total. The average molecular weight is 384 g/mol. The lowest BCUT2D eigenvalue weighted by Gasteiger charge is -2.06. The Labute approximate surface area is 161 Å². The number of nitrogens with one attached hydrogen (secondary N) is 2. The van der Waals surface area contributed by atoms with Crippen LogP contribution < -0.4 is 20.1 Å². The molecule has 0 unspecified atom stereocenters. The quantitative estimate of drug-likeness (QED) is 0.647. The molecule has 0 aliphatic rings. The minimum absolute atomic E-state index is 0.0935. The molecular weight excluding hydrogens is 364 g/mol. The van der Waals surface area contributed by atoms with Gasteiger partial charge in [-0.1, -0.05) is 6.07 Å². The molecular formula is C19H20N4O5. The summed E-state index contributed by atoms with van der Waals surface area (Å²) < 4.78 is 17.8. The monoisotopic (exact) mass is 384 g/mol. The SMILES string of the molecule is CNC(=O)c1nn(C)cc1NC(=O)c1ccc(COc2cccc(OC)c2)o1. The normalized spacial score (nSPS) is 10.4. The van der Waals surface area contributed by atoms with E-state index in [-0.39, 0.29) is 23.7 Å². The Morgan fingerprint density at radius 3 is 2.71 bits per heavy atom. The van der Waals surface area contributed by atoms with Crippen LogP contribution in [0, 0.1) is 0 Å². The minimum atomic E-state index is -0.495. The van der Waals surface area contributed by atoms with Crippen molar-refractivity contribution in [3.8, 4) is 11.5 Å². The third-order valence-electron chi connectivity index (χ3n) is 3.83. The number of hydrogen-bond donors (Lipinski definition) is 2. The topological polar surface area (TPSA) is 108 Å². The number of carbonyl (C=O) groups is 2. The molecule has 2 heterocycles. The molecule has 0 atom stereocenters. The summed E-state index contributed by atoms with van der Waals surface area (Å²) in [4.78, 5) is 24.3. The van der Waals surface area contributed by atoms with Gasteiger partial charge in [0, 0.05) is 26.4 Å². The molecule has 9 nitrogen and oxygen atoms in total. The van der Waals surface area contributed by atoms with Gasteiger partial charge in [-0.3, -0.25) is 14.3 Å². The Hall–Kier alpha value is -3.75. The second-order valence-electron chi connectivity index (χ2n) is 5.83. The molecule has 0 aliphatic heterocycles. The van der Waals surface area contributed by atoms with Crippen molar-refractivity contribution in [2.24, 2.45) is 7.05 Å². The van der Waals surface area contributed by atoms with Gasteiger partial charge in [0.15, 0.2) is 11.5 Å². The number of hydrogen-bond acceptors (Lipinski definition) is 6. The molecule has 0 saturated carbocycles. The summed E-state index contributed by atoms with van der Waals surface area (Å²) in [5, 5.41) is 9.15. The van der Waals surface area contributed by atoms with Crippen LogP contribution in [0.3, 0.4) is 0 Å². The number of nitrogens with zero attached hydrogens (tertiary/aromatic N) is 2. The van der Waals surface area contributed by atoms with Gasteiger partial charge in [0.2, 0.25) is 0 Å². The molecule has 28 heavy (non-hydrogen) atoms. The van der Waals surface area contributed by atoms with Gasteiger partial charge in [0.1, 0.15) is 23.9 Å². The number of carbonyl (C=O) groups excluding carboxylic acids is 2. The van der Waals surface area contributed by atoms with Crippen molar-refractivity contribution < 1.29 is 23.5 Å². The molecule has 0 radical (unpaired) electrons. The van der Waals surface area contributed by atoms with E-state index in [1.165, 1.54) is 24.0 Å². The summed E-state index contributed by atoms with van der Waals surface area (Å²) in [6.07, 6.45) is 1.54. The standard InChI is InChI=1S/C19H20N4O5/c1-20-19(25)17-15(10-23(2)22-17)21-18(24)16-8-7-14(28-16)11-27-13-6-4-5-12(9-13)26-3/h4-10H,11H2,1-3H3,(H,20,25)(H,21,24). The van der Waals surface area contributed by atoms with Crippen molar-refractivity contribution in [2.75, 3.05) is 19.5 Å². The summed E-state index contributed by atoms with van der Waals surface area (Å²) in [5.74, 6) is 0.975. The fourth-order valence-corrected chi connectivity index (χ4v) is 2.47. The lowest BCUT2D eigenvalue weighted by molar-refractivity contribution is 0.0958. The van der Waals surface area contributed by atoms with Crippen molar-refractivity contribution in [3.63, 3.8) is 0 Å². The summed E-state index contributed by atoms with van der Waals surface area (Å²) in [7, 11) is 4.72. The first-order valence-electron chi connectivity index (χ1n) is 8.42. The molecule has 146 valence electrons. The van der Waals surface area contributed by atoms with Gasteiger partial charge in [-0.2, -0.15) is 5.10 Å². The Morgan fingerprint density at radius 1 is 1.18 bits per heavy atom. The maximum atomic E-state index is 12.4. The highest BCUT2D eigenvalue weighted by molar-refractivity contribution is 6.06. The lowest BCUT2D eigenvalue weighted by Crippen LogP contribution is -2.21. The zero-order valence-corrected chi connectivity index (χ0v) is 15.7. The molecule has 0 saturated heterocycles. The molecule has 1 aromatic carbocycles. The van der Waals surface area contributed by atoms with E-state index in [2.05, 4.69) is 15.7 Å². The zero-order valence-electron chi connectivity index (χ0n) is 15.7. The third-order valence-corrected chi connectivity index (χ3v) is 3.83. The van der Waals surface area contributed by atoms with Crippen molar-refractivity contribution in [1.29, 1.82) is 0 Å². The summed E-state index contributed by atoms with van der Waals surface area (Å²) in [6, 6.07) is 10.4. The van der Waals surface area contributed by atoms with Crippen LogP contribution in [0.1, 0.15) is 26.8 Å². The highest BCUT2D eigenvalue weighted by Gasteiger charge is 2.19. The Bertz CT molecular complexity index is 992. The molecule has 0 bridgehead atoms. The van der Waals surface area contributed by atoms with E-state index in [0.717, 1.165) is 0 Å². The van der Waals surface area contributed by atoms with E-state index in [1.54, 1.807) is 32.4 Å². The first kappa shape index (κ1) is 19.0. The number of methoxy groups -OCH3 is 1. The maximum absolute atomic E-state index is 12.4. The largest absolute Gasteiger partial charge is 0.497 e. The smallest absolute Gasteiger partial charge is 0.291 e. The molecule has 2 amide bonds. The van der Waals surface area contributed by atoms with Gasteiger partial charge in [0.25, 0.3) is 11.8 Å². The van der Waals surface area contributed by atoms with Crippen LogP contribution in [0.5, 0.6) is 11.5 Å². The van der Waals surface area contributed by atoms with Crippen molar-refractivity contribution in [3.05, 3.63) is 59.8 Å². The Morgan fingerprint density at radius 2 is 1.96 bits per heavy atom. The van der Waals surface area contributed by atoms with Crippen molar-refractivity contribution in [2.45, 2.75) is 6.61 Å². The molecule has 3 rings (SSSR count). The first-order chi connectivity index (χ1) is 13.5. The van der Waals surface area contributed by atoms with Gasteiger partial charge >= 0.3 is 0 Å². The molecule has 3 aromatic rings. The predicted octanol–water partition coefficient (Wildman–Crippen LogP) is 2.21. The first-order valence-corrected chi connectivity index (χ1v) is 8.42. The molecule has 0 fully saturated rings. The van der Waals surface area contributed by atoms with E-state index in [0.29, 0.717) is 17.3 Å². The van der Waals surface area contributed by atoms with Crippen molar-refractivity contribution >= 4 is 17.5 Å². The number of aryl methyl sites for hydroxylation is 1. The number of furan rings is 1. The number of anilines is 1. The number of ether oxygens (including phenoxy) is 2. The van der Waals surface area contributed by atoms with Gasteiger partial charge in [-0.25, -0.2) is 0 Å². The summed E-state index contributed by atoms with van der Waals surface area (Å²) in [5.41, 5.74) is 0.406. The average Bonchev–Trinajstić information content (AvgIpc) is 3.32. The van der Waals surface area contributed by atoms with E-state index >= 15 is 0 Å². The predicted molar refractivity (Wildman–Crippen MR) is 101 cm³/mol. The summed E-state index contributed by atoms with van der Waals surface area (Å²) >= 11 is 0. The van der Waals surface area contributed by atoms with Crippen molar-refractivity contribution in [1.82, 2.24) is 15.1 Å². The molecule has 0 aliphatic carbocycles. The molecule has 0 spiro atoms. The lowest BCUT2D eigenvalue weighted by atomic mass is 10.3. The fourth-order valence-electron chi connectivity index (χ4n) is 2.47. The van der Waals surface area contributed by atoms with E-state index in [4.69, 9.17) is 13.9 Å². The van der Waals surface area contributed by atoms with Gasteiger partial charge in [0.05, 0.1) is 12.8 Å². The van der Waals surface area contributed by atoms with Gasteiger partial charge in [-0.15, -0.1) is 0 Å². The van der Waals surface area contributed by atoms with Crippen LogP contribution in [0.25, 0.3) is 0 Å². The van der Waals surface area contributed by atoms with Crippen LogP contribution in [-0.4, -0.2) is 35.8 Å². The highest BCUT2D eigenvalue weighted by Crippen LogP contribution is 2.21. The highest BCUT2D eigenvalue weighted by atomic mass is 16.5. The maximum Gasteiger partial charge on any atom is 0.291 e. The van der Waals surface area contributed by atoms with E-state index in [9.17, 15) is 9.59 Å². The molecule has 9 heteroatoms. The minimum Gasteiger partial charge on any atom is -0.497 e. The van der Waals surface area contributed by atoms with E-state index < -0.39 is 11.8 Å². The van der Waals surface area contributed by atoms with Crippen LogP contribution in [0.15, 0.2) is 47.0 Å². The Balaban J connectivity index is 1.65. The van der Waals surface area contributed by atoms with Crippen LogP contribution >= 0.6 is 0 Å². The third kappa shape index (κ3) is 4.32. The van der Waals surface area contributed by atoms with Gasteiger partial charge in [-0.05, 0) is 24.3 Å². The van der Waals surface area contributed by atoms with Gasteiger partial charge < -0.3 is 24.5 Å². The summed E-state index contributed by atoms with van der Waals surface area (Å²) in [6.45, 7) is 0.150. The second-order valence-corrected chi connectivity index (χ2v) is 5.83. The van der Waals surface area contributed by atoms with Crippen LogP contribution in [-0.2, 0) is 13.7 Å². The second kappa shape index (κ2) is 8.30. The number of aromatic nitrogens is 2. The number of amides is 2. The van der Waals surface area contributed by atoms with E-state index in [1.807, 2.05) is 12.1 Å².